The van der Waals surface area contributed by atoms with Gasteiger partial charge in [-0.1, -0.05) is 0 Å². The number of benzene rings is 1. The second-order valence-corrected chi connectivity index (χ2v) is 4.03. The smallest absolute Gasteiger partial charge is 0.237 e. The van der Waals surface area contributed by atoms with Crippen molar-refractivity contribution in [2.75, 3.05) is 0 Å². The van der Waals surface area contributed by atoms with Crippen LogP contribution in [0.2, 0.25) is 0 Å². The molecule has 0 spiro atoms. The van der Waals surface area contributed by atoms with E-state index >= 15 is 0 Å². The lowest BCUT2D eigenvalue weighted by atomic mass is 10.2. The molecular formula is C14H12N2O2. The average Bonchev–Trinajstić information content (AvgIpc) is 2.27. The van der Waals surface area contributed by atoms with Gasteiger partial charge in [-0.25, -0.2) is 4.98 Å². The zero-order chi connectivity index (χ0) is 13.1. The number of aromatic hydroxyl groups is 1. The fourth-order valence-electron chi connectivity index (χ4n) is 1.65. The van der Waals surface area contributed by atoms with Crippen molar-refractivity contribution >= 4 is 0 Å². The lowest BCUT2D eigenvalue weighted by molar-refractivity contribution is 0.443. The minimum absolute atomic E-state index is 0.121. The van der Waals surface area contributed by atoms with Crippen molar-refractivity contribution in [3.8, 4) is 23.4 Å². The molecule has 0 bridgehead atoms. The van der Waals surface area contributed by atoms with Gasteiger partial charge in [0.2, 0.25) is 5.88 Å². The van der Waals surface area contributed by atoms with Crippen molar-refractivity contribution < 1.29 is 9.84 Å². The molecule has 4 heteroatoms. The molecular weight excluding hydrogens is 228 g/mol. The van der Waals surface area contributed by atoms with Gasteiger partial charge in [0.1, 0.15) is 23.1 Å². The van der Waals surface area contributed by atoms with E-state index in [1.165, 1.54) is 6.07 Å². The predicted octanol–water partition coefficient (Wildman–Crippen LogP) is 3.07. The molecule has 1 aromatic heterocycles. The van der Waals surface area contributed by atoms with Crippen LogP contribution in [0, 0.1) is 25.2 Å². The van der Waals surface area contributed by atoms with Crippen LogP contribution in [0.15, 0.2) is 30.5 Å². The molecule has 1 aromatic carbocycles. The summed E-state index contributed by atoms with van der Waals surface area (Å²) in [5, 5.41) is 18.6. The first-order valence-electron chi connectivity index (χ1n) is 5.44. The summed E-state index contributed by atoms with van der Waals surface area (Å²) in [4.78, 5) is 4.04. The SMILES string of the molecule is Cc1cc(O)cc(Oc2nccc(C)c2C#N)c1. The van der Waals surface area contributed by atoms with Gasteiger partial charge in [0.15, 0.2) is 0 Å². The van der Waals surface area contributed by atoms with E-state index in [1.54, 1.807) is 24.4 Å². The van der Waals surface area contributed by atoms with Gasteiger partial charge in [-0.2, -0.15) is 5.26 Å². The Morgan fingerprint density at radius 1 is 1.28 bits per heavy atom. The second kappa shape index (κ2) is 4.76. The van der Waals surface area contributed by atoms with Crippen molar-refractivity contribution in [2.45, 2.75) is 13.8 Å². The van der Waals surface area contributed by atoms with E-state index in [-0.39, 0.29) is 11.6 Å². The predicted molar refractivity (Wildman–Crippen MR) is 66.6 cm³/mol. The van der Waals surface area contributed by atoms with E-state index in [2.05, 4.69) is 11.1 Å². The van der Waals surface area contributed by atoms with Gasteiger partial charge in [-0.15, -0.1) is 0 Å². The van der Waals surface area contributed by atoms with Crippen LogP contribution in [0.3, 0.4) is 0 Å². The maximum Gasteiger partial charge on any atom is 0.237 e. The Morgan fingerprint density at radius 2 is 2.06 bits per heavy atom. The van der Waals surface area contributed by atoms with Gasteiger partial charge in [-0.05, 0) is 43.2 Å². The van der Waals surface area contributed by atoms with Crippen molar-refractivity contribution in [2.24, 2.45) is 0 Å². The average molecular weight is 240 g/mol. The van der Waals surface area contributed by atoms with Gasteiger partial charge >= 0.3 is 0 Å². The summed E-state index contributed by atoms with van der Waals surface area (Å²) in [6.07, 6.45) is 1.58. The van der Waals surface area contributed by atoms with Gasteiger partial charge in [-0.3, -0.25) is 0 Å². The molecule has 0 aliphatic heterocycles. The third-order valence-electron chi connectivity index (χ3n) is 2.49. The molecule has 0 fully saturated rings. The van der Waals surface area contributed by atoms with Crippen molar-refractivity contribution in [3.63, 3.8) is 0 Å². The molecule has 0 atom stereocenters. The first-order chi connectivity index (χ1) is 8.60. The number of nitriles is 1. The third kappa shape index (κ3) is 2.41. The molecule has 18 heavy (non-hydrogen) atoms. The van der Waals surface area contributed by atoms with E-state index in [0.29, 0.717) is 11.3 Å². The van der Waals surface area contributed by atoms with E-state index in [4.69, 9.17) is 10.00 Å². The Balaban J connectivity index is 2.40. The van der Waals surface area contributed by atoms with Crippen LogP contribution in [0.25, 0.3) is 0 Å². The van der Waals surface area contributed by atoms with Crippen LogP contribution < -0.4 is 4.74 Å². The highest BCUT2D eigenvalue weighted by Gasteiger charge is 2.09. The topological polar surface area (TPSA) is 66.1 Å². The van der Waals surface area contributed by atoms with Crippen molar-refractivity contribution in [3.05, 3.63) is 47.2 Å². The van der Waals surface area contributed by atoms with E-state index in [0.717, 1.165) is 11.1 Å². The molecule has 90 valence electrons. The molecule has 4 nitrogen and oxygen atoms in total. The summed E-state index contributed by atoms with van der Waals surface area (Å²) in [6, 6.07) is 8.69. The van der Waals surface area contributed by atoms with Crippen LogP contribution in [-0.2, 0) is 0 Å². The summed E-state index contributed by atoms with van der Waals surface area (Å²) in [6.45, 7) is 3.67. The molecule has 1 N–H and O–H groups in total. The summed E-state index contributed by atoms with van der Waals surface area (Å²) in [7, 11) is 0. The lowest BCUT2D eigenvalue weighted by Gasteiger charge is -2.08. The van der Waals surface area contributed by atoms with Crippen LogP contribution in [0.1, 0.15) is 16.7 Å². The number of rotatable bonds is 2. The van der Waals surface area contributed by atoms with E-state index in [1.807, 2.05) is 13.8 Å². The molecule has 1 heterocycles. The highest BCUT2D eigenvalue weighted by Crippen LogP contribution is 2.28. The number of aromatic nitrogens is 1. The zero-order valence-corrected chi connectivity index (χ0v) is 10.1. The molecule has 0 saturated carbocycles. The summed E-state index contributed by atoms with van der Waals surface area (Å²) < 4.78 is 5.55. The molecule has 0 radical (unpaired) electrons. The van der Waals surface area contributed by atoms with Crippen molar-refractivity contribution in [1.82, 2.24) is 4.98 Å². The largest absolute Gasteiger partial charge is 0.508 e. The molecule has 2 rings (SSSR count). The Morgan fingerprint density at radius 3 is 2.72 bits per heavy atom. The highest BCUT2D eigenvalue weighted by atomic mass is 16.5. The zero-order valence-electron chi connectivity index (χ0n) is 10.1. The minimum Gasteiger partial charge on any atom is -0.508 e. The number of pyridine rings is 1. The van der Waals surface area contributed by atoms with Crippen LogP contribution in [0.5, 0.6) is 17.4 Å². The summed E-state index contributed by atoms with van der Waals surface area (Å²) in [5.41, 5.74) is 2.08. The first-order valence-corrected chi connectivity index (χ1v) is 5.44. The van der Waals surface area contributed by atoms with Crippen LogP contribution >= 0.6 is 0 Å². The molecule has 2 aromatic rings. The first kappa shape index (κ1) is 11.9. The van der Waals surface area contributed by atoms with Gasteiger partial charge in [0, 0.05) is 12.3 Å². The number of phenolic OH excluding ortho intramolecular Hbond substituents is 1. The molecule has 0 amide bonds. The Labute approximate surface area is 105 Å². The number of ether oxygens (including phenoxy) is 1. The van der Waals surface area contributed by atoms with E-state index < -0.39 is 0 Å². The standard InChI is InChI=1S/C14H12N2O2/c1-9-5-11(17)7-12(6-9)18-14-13(8-15)10(2)3-4-16-14/h3-7,17H,1-2H3. The number of hydrogen-bond donors (Lipinski definition) is 1. The van der Waals surface area contributed by atoms with Gasteiger partial charge < -0.3 is 9.84 Å². The number of phenols is 1. The second-order valence-electron chi connectivity index (χ2n) is 4.03. The molecule has 0 aliphatic rings. The Hall–Kier alpha value is -2.54. The fraction of sp³-hybridized carbons (Fsp3) is 0.143. The maximum atomic E-state index is 9.49. The number of hydrogen-bond acceptors (Lipinski definition) is 4. The summed E-state index contributed by atoms with van der Waals surface area (Å²) >= 11 is 0. The quantitative estimate of drug-likeness (QED) is 0.876. The number of nitrogens with zero attached hydrogens (tertiary/aromatic N) is 2. The maximum absolute atomic E-state index is 9.49. The molecule has 0 aliphatic carbocycles. The fourth-order valence-corrected chi connectivity index (χ4v) is 1.65. The Kier molecular flexibility index (Phi) is 3.16. The Bertz CT molecular complexity index is 610. The van der Waals surface area contributed by atoms with Crippen molar-refractivity contribution in [1.29, 1.82) is 5.26 Å². The lowest BCUT2D eigenvalue weighted by Crippen LogP contribution is -1.94. The van der Waals surface area contributed by atoms with Crippen LogP contribution in [-0.4, -0.2) is 10.1 Å². The van der Waals surface area contributed by atoms with Gasteiger partial charge in [0.05, 0.1) is 0 Å². The molecule has 0 unspecified atom stereocenters. The summed E-state index contributed by atoms with van der Waals surface area (Å²) in [5.74, 6) is 0.834. The monoisotopic (exact) mass is 240 g/mol. The third-order valence-corrected chi connectivity index (χ3v) is 2.49. The van der Waals surface area contributed by atoms with Gasteiger partial charge in [0.25, 0.3) is 0 Å². The van der Waals surface area contributed by atoms with Crippen LogP contribution in [0.4, 0.5) is 0 Å². The molecule has 0 saturated heterocycles. The van der Waals surface area contributed by atoms with E-state index in [9.17, 15) is 5.11 Å². The normalized spacial score (nSPS) is 9.83. The highest BCUT2D eigenvalue weighted by molar-refractivity contribution is 5.46. The number of aryl methyl sites for hydroxylation is 2. The minimum atomic E-state index is 0.121.